The number of nitrogens with one attached hydrogen (secondary N) is 2. The molecule has 1 unspecified atom stereocenters. The molecule has 156 valence electrons. The van der Waals surface area contributed by atoms with Gasteiger partial charge in [0.2, 0.25) is 5.91 Å². The van der Waals surface area contributed by atoms with Crippen LogP contribution in [0.25, 0.3) is 11.1 Å². The van der Waals surface area contributed by atoms with Gasteiger partial charge in [0.15, 0.2) is 0 Å². The Labute approximate surface area is 163 Å². The summed E-state index contributed by atoms with van der Waals surface area (Å²) in [6.45, 7) is 0.800. The highest BCUT2D eigenvalue weighted by Gasteiger charge is 2.37. The molecule has 1 atom stereocenters. The number of halogens is 6. The van der Waals surface area contributed by atoms with Crippen LogP contribution in [0.3, 0.4) is 0 Å². The first kappa shape index (κ1) is 21.2. The molecule has 2 aromatic carbocycles. The van der Waals surface area contributed by atoms with Crippen molar-refractivity contribution >= 4 is 5.91 Å². The molecule has 1 fully saturated rings. The Morgan fingerprint density at radius 1 is 1.03 bits per heavy atom. The number of carbonyl (C=O) groups excluding carboxylic acids is 1. The highest BCUT2D eigenvalue weighted by atomic mass is 19.4. The number of benzene rings is 2. The van der Waals surface area contributed by atoms with Crippen LogP contribution in [0.5, 0.6) is 0 Å². The van der Waals surface area contributed by atoms with E-state index >= 15 is 0 Å². The van der Waals surface area contributed by atoms with E-state index in [1.54, 1.807) is 6.07 Å². The smallest absolute Gasteiger partial charge is 0.351 e. The number of amides is 1. The molecule has 1 amide bonds. The Bertz CT molecular complexity index is 885. The Morgan fingerprint density at radius 2 is 1.79 bits per heavy atom. The van der Waals surface area contributed by atoms with E-state index in [1.165, 1.54) is 18.2 Å². The van der Waals surface area contributed by atoms with Crippen LogP contribution in [0, 0.1) is 0 Å². The van der Waals surface area contributed by atoms with Crippen LogP contribution in [0.15, 0.2) is 42.5 Å². The highest BCUT2D eigenvalue weighted by Crippen LogP contribution is 2.40. The molecule has 0 saturated carbocycles. The van der Waals surface area contributed by atoms with Crippen molar-refractivity contribution in [1.82, 2.24) is 10.6 Å². The van der Waals surface area contributed by atoms with Crippen molar-refractivity contribution in [3.63, 3.8) is 0 Å². The third kappa shape index (κ3) is 5.09. The molecule has 1 heterocycles. The molecule has 9 heteroatoms. The largest absolute Gasteiger partial charge is 0.417 e. The van der Waals surface area contributed by atoms with Crippen molar-refractivity contribution in [1.29, 1.82) is 0 Å². The fourth-order valence-corrected chi connectivity index (χ4v) is 3.28. The summed E-state index contributed by atoms with van der Waals surface area (Å²) >= 11 is 0. The predicted octanol–water partition coefficient (Wildman–Crippen LogP) is 4.76. The van der Waals surface area contributed by atoms with Gasteiger partial charge in [-0.15, -0.1) is 0 Å². The van der Waals surface area contributed by atoms with E-state index in [1.807, 2.05) is 0 Å². The molecule has 2 aromatic rings. The van der Waals surface area contributed by atoms with Crippen molar-refractivity contribution in [2.45, 2.75) is 37.8 Å². The molecule has 0 bridgehead atoms. The second kappa shape index (κ2) is 8.06. The standard InChI is InChI=1S/C20H18F6N2O/c21-19(22,23)14-6-7-16(20(24,25)26)15(10-14)13-4-1-3-12(9-13)11-28-18(29)17-5-2-8-27-17/h1,3-4,6-7,9-10,17,27H,2,5,8,11H2,(H,28,29). The fourth-order valence-electron chi connectivity index (χ4n) is 3.28. The molecule has 0 spiro atoms. The summed E-state index contributed by atoms with van der Waals surface area (Å²) in [6.07, 6.45) is -8.00. The van der Waals surface area contributed by atoms with E-state index < -0.39 is 29.0 Å². The van der Waals surface area contributed by atoms with Crippen molar-refractivity contribution in [2.24, 2.45) is 0 Å². The molecule has 2 N–H and O–H groups in total. The molecular formula is C20H18F6N2O. The summed E-state index contributed by atoms with van der Waals surface area (Å²) in [5.74, 6) is -0.219. The van der Waals surface area contributed by atoms with Gasteiger partial charge in [0.25, 0.3) is 0 Å². The van der Waals surface area contributed by atoms with Gasteiger partial charge >= 0.3 is 12.4 Å². The number of rotatable bonds is 4. The summed E-state index contributed by atoms with van der Waals surface area (Å²) in [7, 11) is 0. The molecule has 1 aliphatic rings. The summed E-state index contributed by atoms with van der Waals surface area (Å²) in [6, 6.07) is 6.77. The highest BCUT2D eigenvalue weighted by molar-refractivity contribution is 5.82. The topological polar surface area (TPSA) is 41.1 Å². The average Bonchev–Trinajstić information content (AvgIpc) is 3.19. The maximum absolute atomic E-state index is 13.3. The van der Waals surface area contributed by atoms with E-state index in [0.717, 1.165) is 13.0 Å². The lowest BCUT2D eigenvalue weighted by molar-refractivity contribution is -0.141. The van der Waals surface area contributed by atoms with E-state index in [0.29, 0.717) is 30.2 Å². The van der Waals surface area contributed by atoms with E-state index in [-0.39, 0.29) is 24.1 Å². The minimum atomic E-state index is -4.81. The number of carbonyl (C=O) groups is 1. The molecule has 29 heavy (non-hydrogen) atoms. The second-order valence-electron chi connectivity index (χ2n) is 6.82. The van der Waals surface area contributed by atoms with Gasteiger partial charge in [-0.25, -0.2) is 0 Å². The second-order valence-corrected chi connectivity index (χ2v) is 6.82. The minimum Gasteiger partial charge on any atom is -0.351 e. The van der Waals surface area contributed by atoms with Gasteiger partial charge in [-0.2, -0.15) is 26.3 Å². The van der Waals surface area contributed by atoms with Gasteiger partial charge in [-0.3, -0.25) is 4.79 Å². The van der Waals surface area contributed by atoms with Gasteiger partial charge in [-0.05, 0) is 60.3 Å². The van der Waals surface area contributed by atoms with Crippen LogP contribution < -0.4 is 10.6 Å². The van der Waals surface area contributed by atoms with E-state index in [2.05, 4.69) is 10.6 Å². The fraction of sp³-hybridized carbons (Fsp3) is 0.350. The quantitative estimate of drug-likeness (QED) is 0.706. The lowest BCUT2D eigenvalue weighted by Crippen LogP contribution is -2.39. The van der Waals surface area contributed by atoms with Crippen LogP contribution in [0.4, 0.5) is 26.3 Å². The third-order valence-corrected chi connectivity index (χ3v) is 4.73. The lowest BCUT2D eigenvalue weighted by Gasteiger charge is -2.17. The monoisotopic (exact) mass is 416 g/mol. The zero-order chi connectivity index (χ0) is 21.2. The molecule has 0 aromatic heterocycles. The molecule has 0 radical (unpaired) electrons. The Morgan fingerprint density at radius 3 is 2.41 bits per heavy atom. The van der Waals surface area contributed by atoms with Crippen LogP contribution in [-0.2, 0) is 23.7 Å². The predicted molar refractivity (Wildman–Crippen MR) is 94.8 cm³/mol. The van der Waals surface area contributed by atoms with Gasteiger partial charge < -0.3 is 10.6 Å². The first-order valence-electron chi connectivity index (χ1n) is 8.94. The van der Waals surface area contributed by atoms with Crippen molar-refractivity contribution in [2.75, 3.05) is 6.54 Å². The van der Waals surface area contributed by atoms with E-state index in [9.17, 15) is 31.1 Å². The van der Waals surface area contributed by atoms with Gasteiger partial charge in [0.05, 0.1) is 17.2 Å². The van der Waals surface area contributed by atoms with Crippen LogP contribution in [-0.4, -0.2) is 18.5 Å². The van der Waals surface area contributed by atoms with Gasteiger partial charge in [-0.1, -0.05) is 18.2 Å². The minimum absolute atomic E-state index is 0.00540. The summed E-state index contributed by atoms with van der Waals surface area (Å²) in [5, 5.41) is 5.73. The zero-order valence-electron chi connectivity index (χ0n) is 15.1. The van der Waals surface area contributed by atoms with Gasteiger partial charge in [0.1, 0.15) is 0 Å². The van der Waals surface area contributed by atoms with Crippen molar-refractivity contribution in [3.05, 3.63) is 59.2 Å². The summed E-state index contributed by atoms with van der Waals surface area (Å²) in [5.41, 5.74) is -2.39. The maximum atomic E-state index is 13.3. The average molecular weight is 416 g/mol. The molecule has 3 nitrogen and oxygen atoms in total. The number of hydrogen-bond acceptors (Lipinski definition) is 2. The molecular weight excluding hydrogens is 398 g/mol. The van der Waals surface area contributed by atoms with Crippen LogP contribution >= 0.6 is 0 Å². The van der Waals surface area contributed by atoms with Gasteiger partial charge in [0, 0.05) is 6.54 Å². The van der Waals surface area contributed by atoms with Crippen molar-refractivity contribution < 1.29 is 31.1 Å². The summed E-state index contributed by atoms with van der Waals surface area (Å²) in [4.78, 5) is 12.1. The molecule has 3 rings (SSSR count). The first-order valence-corrected chi connectivity index (χ1v) is 8.94. The van der Waals surface area contributed by atoms with Crippen LogP contribution in [0.2, 0.25) is 0 Å². The van der Waals surface area contributed by atoms with E-state index in [4.69, 9.17) is 0 Å². The SMILES string of the molecule is O=C(NCc1cccc(-c2cc(C(F)(F)F)ccc2C(F)(F)F)c1)C1CCCN1. The lowest BCUT2D eigenvalue weighted by atomic mass is 9.95. The Kier molecular flexibility index (Phi) is 5.88. The number of hydrogen-bond donors (Lipinski definition) is 2. The first-order chi connectivity index (χ1) is 13.6. The van der Waals surface area contributed by atoms with Crippen LogP contribution in [0.1, 0.15) is 29.5 Å². The maximum Gasteiger partial charge on any atom is 0.417 e. The zero-order valence-corrected chi connectivity index (χ0v) is 15.1. The Balaban J connectivity index is 1.89. The molecule has 1 saturated heterocycles. The van der Waals surface area contributed by atoms with Crippen molar-refractivity contribution in [3.8, 4) is 11.1 Å². The number of alkyl halides is 6. The third-order valence-electron chi connectivity index (χ3n) is 4.73. The molecule has 1 aliphatic heterocycles. The summed E-state index contributed by atoms with van der Waals surface area (Å²) < 4.78 is 79.1. The normalized spacial score (nSPS) is 17.4. The molecule has 0 aliphatic carbocycles. The Hall–Kier alpha value is -2.55.